The molecule has 1 N–H and O–H groups in total. The van der Waals surface area contributed by atoms with E-state index in [1.165, 1.54) is 11.1 Å². The van der Waals surface area contributed by atoms with Crippen LogP contribution < -0.4 is 0 Å². The van der Waals surface area contributed by atoms with Gasteiger partial charge in [-0.25, -0.2) is 0 Å². The Morgan fingerprint density at radius 3 is 2.15 bits per heavy atom. The number of aryl methyl sites for hydroxylation is 1. The summed E-state index contributed by atoms with van der Waals surface area (Å²) >= 11 is 0. The van der Waals surface area contributed by atoms with E-state index in [1.807, 2.05) is 24.3 Å². The molecule has 0 aromatic heterocycles. The molecule has 2 aromatic rings. The lowest BCUT2D eigenvalue weighted by Gasteiger charge is -2.22. The Hall–Kier alpha value is -2.57. The fraction of sp³-hybridized carbons (Fsp3) is 0.375. The molecular formula is C24H26O3. The first-order valence-electron chi connectivity index (χ1n) is 9.44. The summed E-state index contributed by atoms with van der Waals surface area (Å²) in [6.45, 7) is 7.96. The highest BCUT2D eigenvalue weighted by atomic mass is 16.5. The second kappa shape index (κ2) is 7.58. The van der Waals surface area contributed by atoms with Gasteiger partial charge in [-0.05, 0) is 81.5 Å². The zero-order chi connectivity index (χ0) is 19.6. The smallest absolute Gasteiger partial charge is 0.310 e. The van der Waals surface area contributed by atoms with E-state index in [0.717, 1.165) is 29.5 Å². The van der Waals surface area contributed by atoms with E-state index in [-0.39, 0.29) is 11.7 Å². The minimum atomic E-state index is -0.820. The Morgan fingerprint density at radius 2 is 1.63 bits per heavy atom. The highest BCUT2D eigenvalue weighted by Gasteiger charge is 2.47. The molecule has 3 heteroatoms. The van der Waals surface area contributed by atoms with E-state index >= 15 is 0 Å². The number of aliphatic carboxylic acids is 1. The van der Waals surface area contributed by atoms with Crippen LogP contribution in [0.4, 0.5) is 0 Å². The number of hydrogen-bond acceptors (Lipinski definition) is 2. The van der Waals surface area contributed by atoms with Crippen molar-refractivity contribution in [3.63, 3.8) is 0 Å². The minimum Gasteiger partial charge on any atom is -0.481 e. The predicted octanol–water partition coefficient (Wildman–Crippen LogP) is 5.00. The summed E-state index contributed by atoms with van der Waals surface area (Å²) < 4.78 is 6.15. The average molecular weight is 362 g/mol. The van der Waals surface area contributed by atoms with Gasteiger partial charge in [-0.15, -0.1) is 0 Å². The maximum absolute atomic E-state index is 11.1. The molecule has 1 fully saturated rings. The molecular weight excluding hydrogens is 336 g/mol. The molecule has 3 rings (SSSR count). The quantitative estimate of drug-likeness (QED) is 0.762. The largest absolute Gasteiger partial charge is 0.481 e. The van der Waals surface area contributed by atoms with Crippen LogP contribution in [0.5, 0.6) is 0 Å². The third kappa shape index (κ3) is 4.40. The van der Waals surface area contributed by atoms with Crippen molar-refractivity contribution in [3.05, 3.63) is 70.3 Å². The van der Waals surface area contributed by atoms with Crippen molar-refractivity contribution in [2.45, 2.75) is 58.2 Å². The molecule has 27 heavy (non-hydrogen) atoms. The van der Waals surface area contributed by atoms with Crippen LogP contribution in [0.1, 0.15) is 67.3 Å². The van der Waals surface area contributed by atoms with Gasteiger partial charge in [0.15, 0.2) is 0 Å². The highest BCUT2D eigenvalue weighted by Crippen LogP contribution is 2.51. The number of carbonyl (C=O) groups is 1. The number of rotatable bonds is 5. The number of carboxylic acid groups (broad SMARTS) is 1. The monoisotopic (exact) mass is 362 g/mol. The van der Waals surface area contributed by atoms with Gasteiger partial charge < -0.3 is 9.84 Å². The second-order valence-electron chi connectivity index (χ2n) is 7.62. The molecule has 0 saturated heterocycles. The maximum Gasteiger partial charge on any atom is 0.310 e. The molecule has 1 atom stereocenters. The van der Waals surface area contributed by atoms with Crippen LogP contribution in [0.2, 0.25) is 0 Å². The summed E-state index contributed by atoms with van der Waals surface area (Å²) in [6, 6.07) is 13.7. The van der Waals surface area contributed by atoms with Crippen LogP contribution in [-0.2, 0) is 15.1 Å². The van der Waals surface area contributed by atoms with Crippen LogP contribution in [0, 0.1) is 18.8 Å². The molecule has 1 aliphatic rings. The molecule has 3 nitrogen and oxygen atoms in total. The summed E-state index contributed by atoms with van der Waals surface area (Å²) in [5.74, 6) is 5.04. The summed E-state index contributed by atoms with van der Waals surface area (Å²) in [7, 11) is 0. The van der Waals surface area contributed by atoms with Gasteiger partial charge in [0.2, 0.25) is 0 Å². The van der Waals surface area contributed by atoms with Crippen LogP contribution in [0.25, 0.3) is 0 Å². The second-order valence-corrected chi connectivity index (χ2v) is 7.62. The topological polar surface area (TPSA) is 46.5 Å². The van der Waals surface area contributed by atoms with Gasteiger partial charge in [0.05, 0.1) is 17.6 Å². The average Bonchev–Trinajstić information content (AvgIpc) is 3.39. The summed E-state index contributed by atoms with van der Waals surface area (Å²) in [6.07, 6.45) is 2.38. The van der Waals surface area contributed by atoms with E-state index < -0.39 is 11.9 Å². The minimum absolute atomic E-state index is 0.0964. The molecule has 0 heterocycles. The lowest BCUT2D eigenvalue weighted by atomic mass is 9.98. The fourth-order valence-electron chi connectivity index (χ4n) is 3.41. The van der Waals surface area contributed by atoms with E-state index in [1.54, 1.807) is 6.92 Å². The lowest BCUT2D eigenvalue weighted by molar-refractivity contribution is -0.138. The zero-order valence-corrected chi connectivity index (χ0v) is 16.4. The Morgan fingerprint density at radius 1 is 1.04 bits per heavy atom. The molecule has 2 aromatic carbocycles. The molecule has 1 saturated carbocycles. The van der Waals surface area contributed by atoms with Crippen LogP contribution >= 0.6 is 0 Å². The Kier molecular flexibility index (Phi) is 5.39. The molecule has 140 valence electrons. The molecule has 0 radical (unpaired) electrons. The van der Waals surface area contributed by atoms with Crippen molar-refractivity contribution in [2.75, 3.05) is 0 Å². The van der Waals surface area contributed by atoms with Crippen molar-refractivity contribution in [2.24, 2.45) is 0 Å². The van der Waals surface area contributed by atoms with Crippen molar-refractivity contribution >= 4 is 5.97 Å². The van der Waals surface area contributed by atoms with Crippen molar-refractivity contribution in [1.82, 2.24) is 0 Å². The third-order valence-electron chi connectivity index (χ3n) is 5.01. The van der Waals surface area contributed by atoms with Gasteiger partial charge in [0, 0.05) is 11.1 Å². The Labute approximate surface area is 161 Å². The highest BCUT2D eigenvalue weighted by molar-refractivity contribution is 5.75. The SMILES string of the molecule is Cc1cc(C#Cc2ccc(C(C)C(=O)O)cc2)ccc1C1(OC(C)C)CC1. The standard InChI is InChI=1S/C24H26O3/c1-16(2)27-24(13-14-24)22-12-9-20(15-17(22)3)6-5-19-7-10-21(11-8-19)18(4)23(25)26/h7-12,15-16,18H,13-14H2,1-4H3,(H,25,26). The van der Waals surface area contributed by atoms with E-state index in [2.05, 4.69) is 50.8 Å². The van der Waals surface area contributed by atoms with Crippen molar-refractivity contribution < 1.29 is 14.6 Å². The van der Waals surface area contributed by atoms with E-state index in [9.17, 15) is 4.79 Å². The van der Waals surface area contributed by atoms with E-state index in [0.29, 0.717) is 0 Å². The number of hydrogen-bond donors (Lipinski definition) is 1. The number of benzene rings is 2. The first kappa shape index (κ1) is 19.2. The molecule has 1 aliphatic carbocycles. The zero-order valence-electron chi connectivity index (χ0n) is 16.4. The predicted molar refractivity (Wildman–Crippen MR) is 107 cm³/mol. The molecule has 0 aliphatic heterocycles. The maximum atomic E-state index is 11.1. The van der Waals surface area contributed by atoms with Gasteiger partial charge in [0.1, 0.15) is 0 Å². The fourth-order valence-corrected chi connectivity index (χ4v) is 3.41. The summed E-state index contributed by atoms with van der Waals surface area (Å²) in [5.41, 5.74) is 5.02. The number of carboxylic acids is 1. The summed E-state index contributed by atoms with van der Waals surface area (Å²) in [4.78, 5) is 11.1. The van der Waals surface area contributed by atoms with Gasteiger partial charge in [0.25, 0.3) is 0 Å². The summed E-state index contributed by atoms with van der Waals surface area (Å²) in [5, 5.41) is 9.08. The molecule has 0 amide bonds. The Balaban J connectivity index is 1.76. The van der Waals surface area contributed by atoms with Crippen molar-refractivity contribution in [3.8, 4) is 11.8 Å². The lowest BCUT2D eigenvalue weighted by Crippen LogP contribution is -2.18. The van der Waals surface area contributed by atoms with Gasteiger partial charge in [-0.1, -0.05) is 30.0 Å². The normalized spacial score (nSPS) is 15.7. The first-order valence-corrected chi connectivity index (χ1v) is 9.44. The van der Waals surface area contributed by atoms with Crippen LogP contribution in [0.3, 0.4) is 0 Å². The van der Waals surface area contributed by atoms with Gasteiger partial charge >= 0.3 is 5.97 Å². The molecule has 0 bridgehead atoms. The van der Waals surface area contributed by atoms with Crippen LogP contribution in [0.15, 0.2) is 42.5 Å². The van der Waals surface area contributed by atoms with E-state index in [4.69, 9.17) is 9.84 Å². The Bertz CT molecular complexity index is 893. The van der Waals surface area contributed by atoms with Gasteiger partial charge in [-0.3, -0.25) is 4.79 Å². The third-order valence-corrected chi connectivity index (χ3v) is 5.01. The molecule has 1 unspecified atom stereocenters. The number of ether oxygens (including phenoxy) is 1. The van der Waals surface area contributed by atoms with Gasteiger partial charge in [-0.2, -0.15) is 0 Å². The molecule has 0 spiro atoms. The first-order chi connectivity index (χ1) is 12.8. The van der Waals surface area contributed by atoms with Crippen LogP contribution in [-0.4, -0.2) is 17.2 Å². The van der Waals surface area contributed by atoms with Crippen molar-refractivity contribution in [1.29, 1.82) is 0 Å².